The summed E-state index contributed by atoms with van der Waals surface area (Å²) in [4.78, 5) is 4.11. The molecule has 1 N–H and O–H groups in total. The van der Waals surface area contributed by atoms with Gasteiger partial charge in [0.1, 0.15) is 0 Å². The second-order valence-corrected chi connectivity index (χ2v) is 7.22. The molecule has 0 radical (unpaired) electrons. The fraction of sp³-hybridized carbons (Fsp3) is 0.722. The van der Waals surface area contributed by atoms with Crippen LogP contribution in [-0.4, -0.2) is 18.1 Å². The third-order valence-electron chi connectivity index (χ3n) is 5.12. The van der Waals surface area contributed by atoms with E-state index in [-0.39, 0.29) is 0 Å². The molecule has 0 saturated heterocycles. The van der Waals surface area contributed by atoms with Crippen LogP contribution < -0.4 is 5.32 Å². The summed E-state index contributed by atoms with van der Waals surface area (Å²) >= 11 is 6.32. The molecule has 1 aliphatic carbocycles. The lowest BCUT2D eigenvalue weighted by Gasteiger charge is -2.38. The minimum Gasteiger partial charge on any atom is -0.317 e. The number of aromatic nitrogens is 1. The van der Waals surface area contributed by atoms with Gasteiger partial charge in [0.05, 0.1) is 5.02 Å². The molecule has 118 valence electrons. The van der Waals surface area contributed by atoms with E-state index in [4.69, 9.17) is 11.6 Å². The highest BCUT2D eigenvalue weighted by Gasteiger charge is 2.31. The van der Waals surface area contributed by atoms with Gasteiger partial charge in [-0.25, -0.2) is 0 Å². The molecule has 2 nitrogen and oxygen atoms in total. The molecule has 0 spiro atoms. The summed E-state index contributed by atoms with van der Waals surface area (Å²) in [6.45, 7) is 9.13. The van der Waals surface area contributed by atoms with Crippen molar-refractivity contribution in [2.75, 3.05) is 13.1 Å². The first-order chi connectivity index (χ1) is 10.1. The van der Waals surface area contributed by atoms with Crippen LogP contribution in [0.25, 0.3) is 0 Å². The molecule has 0 bridgehead atoms. The van der Waals surface area contributed by atoms with E-state index in [0.29, 0.717) is 0 Å². The van der Waals surface area contributed by atoms with Crippen molar-refractivity contribution >= 4 is 11.6 Å². The van der Waals surface area contributed by atoms with Crippen molar-refractivity contribution in [1.29, 1.82) is 0 Å². The molecule has 1 aromatic heterocycles. The van der Waals surface area contributed by atoms with Gasteiger partial charge in [0.2, 0.25) is 0 Å². The van der Waals surface area contributed by atoms with Crippen LogP contribution in [0, 0.1) is 23.7 Å². The predicted molar refractivity (Wildman–Crippen MR) is 90.7 cm³/mol. The van der Waals surface area contributed by atoms with Gasteiger partial charge in [-0.05, 0) is 74.1 Å². The normalized spacial score (nSPS) is 26.2. The van der Waals surface area contributed by atoms with Crippen LogP contribution in [-0.2, 0) is 6.42 Å². The summed E-state index contributed by atoms with van der Waals surface area (Å²) < 4.78 is 0. The third kappa shape index (κ3) is 4.69. The molecular weight excluding hydrogens is 280 g/mol. The maximum atomic E-state index is 6.32. The van der Waals surface area contributed by atoms with E-state index in [0.717, 1.165) is 48.2 Å². The van der Waals surface area contributed by atoms with Crippen LogP contribution in [0.5, 0.6) is 0 Å². The molecule has 0 aliphatic heterocycles. The van der Waals surface area contributed by atoms with Crippen LogP contribution in [0.15, 0.2) is 18.5 Å². The SMILES string of the molecule is CCNCC1CCC(C(C)C)CC1Cc1ccncc1Cl. The molecule has 0 amide bonds. The molecule has 1 aliphatic rings. The summed E-state index contributed by atoms with van der Waals surface area (Å²) in [5, 5.41) is 4.37. The number of nitrogens with zero attached hydrogens (tertiary/aromatic N) is 1. The lowest BCUT2D eigenvalue weighted by Crippen LogP contribution is -2.35. The van der Waals surface area contributed by atoms with Crippen molar-refractivity contribution in [3.05, 3.63) is 29.0 Å². The Kier molecular flexibility index (Phi) is 6.50. The highest BCUT2D eigenvalue weighted by atomic mass is 35.5. The van der Waals surface area contributed by atoms with Gasteiger partial charge in [0, 0.05) is 12.4 Å². The van der Waals surface area contributed by atoms with Crippen molar-refractivity contribution in [2.45, 2.75) is 46.5 Å². The van der Waals surface area contributed by atoms with E-state index >= 15 is 0 Å². The average Bonchev–Trinajstić information content (AvgIpc) is 2.48. The van der Waals surface area contributed by atoms with Crippen molar-refractivity contribution in [2.24, 2.45) is 23.7 Å². The molecule has 1 heterocycles. The quantitative estimate of drug-likeness (QED) is 0.832. The molecular formula is C18H29ClN2. The monoisotopic (exact) mass is 308 g/mol. The van der Waals surface area contributed by atoms with Gasteiger partial charge in [0.15, 0.2) is 0 Å². The summed E-state index contributed by atoms with van der Waals surface area (Å²) in [5.74, 6) is 3.18. The molecule has 1 saturated carbocycles. The molecule has 1 aromatic rings. The third-order valence-corrected chi connectivity index (χ3v) is 5.46. The van der Waals surface area contributed by atoms with Crippen molar-refractivity contribution in [3.63, 3.8) is 0 Å². The van der Waals surface area contributed by atoms with Crippen LogP contribution >= 0.6 is 11.6 Å². The van der Waals surface area contributed by atoms with Gasteiger partial charge in [-0.2, -0.15) is 0 Å². The van der Waals surface area contributed by atoms with Crippen molar-refractivity contribution in [3.8, 4) is 0 Å². The first-order valence-corrected chi connectivity index (χ1v) is 8.78. The maximum Gasteiger partial charge on any atom is 0.0621 e. The molecule has 3 unspecified atom stereocenters. The van der Waals surface area contributed by atoms with Gasteiger partial charge in [-0.3, -0.25) is 4.98 Å². The Morgan fingerprint density at radius 3 is 2.81 bits per heavy atom. The number of nitrogens with one attached hydrogen (secondary N) is 1. The van der Waals surface area contributed by atoms with Gasteiger partial charge in [-0.15, -0.1) is 0 Å². The summed E-state index contributed by atoms with van der Waals surface area (Å²) in [7, 11) is 0. The van der Waals surface area contributed by atoms with Gasteiger partial charge in [0.25, 0.3) is 0 Å². The van der Waals surface area contributed by atoms with Gasteiger partial charge >= 0.3 is 0 Å². The van der Waals surface area contributed by atoms with E-state index < -0.39 is 0 Å². The molecule has 1 fully saturated rings. The zero-order valence-electron chi connectivity index (χ0n) is 13.6. The molecule has 21 heavy (non-hydrogen) atoms. The fourth-order valence-electron chi connectivity index (χ4n) is 3.67. The van der Waals surface area contributed by atoms with Crippen molar-refractivity contribution < 1.29 is 0 Å². The number of hydrogen-bond donors (Lipinski definition) is 1. The Labute approximate surface area is 134 Å². The molecule has 3 atom stereocenters. The number of halogens is 1. The summed E-state index contributed by atoms with van der Waals surface area (Å²) in [5.41, 5.74) is 1.27. The molecule has 0 aromatic carbocycles. The lowest BCUT2D eigenvalue weighted by molar-refractivity contribution is 0.145. The number of rotatable bonds is 6. The molecule has 2 rings (SSSR count). The minimum absolute atomic E-state index is 0.741. The van der Waals surface area contributed by atoms with Crippen molar-refractivity contribution in [1.82, 2.24) is 10.3 Å². The highest BCUT2D eigenvalue weighted by Crippen LogP contribution is 2.39. The topological polar surface area (TPSA) is 24.9 Å². The predicted octanol–water partition coefficient (Wildman–Crippen LogP) is 4.58. The second-order valence-electron chi connectivity index (χ2n) is 6.82. The Morgan fingerprint density at radius 2 is 2.14 bits per heavy atom. The minimum atomic E-state index is 0.741. The average molecular weight is 309 g/mol. The number of hydrogen-bond acceptors (Lipinski definition) is 2. The summed E-state index contributed by atoms with van der Waals surface area (Å²) in [6, 6.07) is 2.09. The van der Waals surface area contributed by atoms with Crippen LogP contribution in [0.2, 0.25) is 5.02 Å². The van der Waals surface area contributed by atoms with E-state index in [2.05, 4.69) is 37.1 Å². The Hall–Kier alpha value is -0.600. The van der Waals surface area contributed by atoms with E-state index in [1.807, 2.05) is 6.20 Å². The fourth-order valence-corrected chi connectivity index (χ4v) is 3.87. The smallest absolute Gasteiger partial charge is 0.0621 e. The largest absolute Gasteiger partial charge is 0.317 e. The summed E-state index contributed by atoms with van der Waals surface area (Å²) in [6.07, 6.45) is 8.81. The van der Waals surface area contributed by atoms with Gasteiger partial charge in [-0.1, -0.05) is 32.4 Å². The zero-order chi connectivity index (χ0) is 15.2. The molecule has 3 heteroatoms. The Balaban J connectivity index is 2.07. The van der Waals surface area contributed by atoms with E-state index in [1.165, 1.54) is 24.8 Å². The van der Waals surface area contributed by atoms with Crippen LogP contribution in [0.1, 0.15) is 45.6 Å². The van der Waals surface area contributed by atoms with Crippen LogP contribution in [0.4, 0.5) is 0 Å². The standard InChI is InChI=1S/C18H29ClN2/c1-4-20-11-16-6-5-14(13(2)3)9-17(16)10-15-7-8-21-12-18(15)19/h7-8,12-14,16-17,20H,4-6,9-11H2,1-3H3. The first kappa shape index (κ1) is 16.8. The highest BCUT2D eigenvalue weighted by molar-refractivity contribution is 6.31. The zero-order valence-corrected chi connectivity index (χ0v) is 14.4. The number of pyridine rings is 1. The van der Waals surface area contributed by atoms with E-state index in [1.54, 1.807) is 6.20 Å². The maximum absolute atomic E-state index is 6.32. The Morgan fingerprint density at radius 1 is 1.33 bits per heavy atom. The van der Waals surface area contributed by atoms with Crippen LogP contribution in [0.3, 0.4) is 0 Å². The van der Waals surface area contributed by atoms with Gasteiger partial charge < -0.3 is 5.32 Å². The Bertz CT molecular complexity index is 433. The second kappa shape index (κ2) is 8.14. The van der Waals surface area contributed by atoms with E-state index in [9.17, 15) is 0 Å². The lowest BCUT2D eigenvalue weighted by atomic mass is 9.69. The first-order valence-electron chi connectivity index (χ1n) is 8.40.